The van der Waals surface area contributed by atoms with Gasteiger partial charge in [-0.25, -0.2) is 4.98 Å². The second-order valence-corrected chi connectivity index (χ2v) is 6.95. The minimum atomic E-state index is -0.203. The van der Waals surface area contributed by atoms with Crippen molar-refractivity contribution in [1.29, 1.82) is 0 Å². The van der Waals surface area contributed by atoms with E-state index in [0.717, 1.165) is 39.2 Å². The molecule has 0 amide bonds. The Bertz CT molecular complexity index is 463. The van der Waals surface area contributed by atoms with Crippen molar-refractivity contribution in [2.45, 2.75) is 57.6 Å². The number of hydrogen-bond acceptors (Lipinski definition) is 5. The molecule has 0 aromatic carbocycles. The van der Waals surface area contributed by atoms with E-state index < -0.39 is 0 Å². The van der Waals surface area contributed by atoms with Gasteiger partial charge >= 0.3 is 0 Å². The molecule has 0 radical (unpaired) electrons. The van der Waals surface area contributed by atoms with E-state index >= 15 is 0 Å². The molecule has 5 heteroatoms. The number of nitrogens with one attached hydrogen (secondary N) is 1. The van der Waals surface area contributed by atoms with E-state index in [9.17, 15) is 0 Å². The molecular weight excluding hydrogens is 284 g/mol. The first-order valence-electron chi connectivity index (χ1n) is 8.24. The second kappa shape index (κ2) is 6.73. The Kier molecular flexibility index (Phi) is 4.94. The van der Waals surface area contributed by atoms with E-state index in [0.29, 0.717) is 6.04 Å². The number of thiazole rings is 1. The van der Waals surface area contributed by atoms with Gasteiger partial charge in [-0.2, -0.15) is 0 Å². The van der Waals surface area contributed by atoms with Crippen LogP contribution in [0.2, 0.25) is 0 Å². The lowest BCUT2D eigenvalue weighted by molar-refractivity contribution is -0.112. The van der Waals surface area contributed by atoms with Crippen LogP contribution < -0.4 is 5.32 Å². The molecule has 1 saturated heterocycles. The molecule has 4 nitrogen and oxygen atoms in total. The lowest BCUT2D eigenvalue weighted by atomic mass is 9.94. The van der Waals surface area contributed by atoms with Crippen LogP contribution in [0, 0.1) is 0 Å². The maximum absolute atomic E-state index is 6.18. The number of rotatable bonds is 5. The smallest absolute Gasteiger partial charge is 0.125 e. The molecule has 1 unspecified atom stereocenters. The third-order valence-corrected chi connectivity index (χ3v) is 5.83. The Morgan fingerprint density at radius 1 is 1.38 bits per heavy atom. The molecule has 0 saturated carbocycles. The van der Waals surface area contributed by atoms with Gasteiger partial charge in [0.25, 0.3) is 0 Å². The van der Waals surface area contributed by atoms with Crippen LogP contribution in [0.15, 0.2) is 0 Å². The fourth-order valence-electron chi connectivity index (χ4n) is 3.46. The van der Waals surface area contributed by atoms with Gasteiger partial charge in [0.15, 0.2) is 0 Å². The maximum Gasteiger partial charge on any atom is 0.125 e. The van der Waals surface area contributed by atoms with Crippen molar-refractivity contribution in [2.24, 2.45) is 0 Å². The van der Waals surface area contributed by atoms with E-state index in [-0.39, 0.29) is 5.60 Å². The zero-order valence-corrected chi connectivity index (χ0v) is 13.9. The number of aromatic nitrogens is 1. The summed E-state index contributed by atoms with van der Waals surface area (Å²) in [4.78, 5) is 6.51. The molecule has 1 atom stereocenters. The largest absolute Gasteiger partial charge is 0.381 e. The van der Waals surface area contributed by atoms with Crippen LogP contribution >= 0.6 is 11.3 Å². The molecular formula is C16H26N2O2S. The van der Waals surface area contributed by atoms with Crippen LogP contribution in [-0.2, 0) is 21.5 Å². The number of nitrogens with zero attached hydrogens (tertiary/aromatic N) is 1. The molecule has 1 aromatic heterocycles. The van der Waals surface area contributed by atoms with E-state index in [1.54, 1.807) is 0 Å². The Morgan fingerprint density at radius 2 is 2.19 bits per heavy atom. The fraction of sp³-hybridized carbons (Fsp3) is 0.812. The molecule has 3 rings (SSSR count). The molecule has 118 valence electrons. The van der Waals surface area contributed by atoms with Gasteiger partial charge in [0.2, 0.25) is 0 Å². The molecule has 0 spiro atoms. The van der Waals surface area contributed by atoms with Crippen LogP contribution in [0.25, 0.3) is 0 Å². The summed E-state index contributed by atoms with van der Waals surface area (Å²) in [5, 5.41) is 4.76. The Hall–Kier alpha value is -0.490. The van der Waals surface area contributed by atoms with E-state index in [2.05, 4.69) is 19.2 Å². The number of hydrogen-bond donors (Lipinski definition) is 1. The fourth-order valence-corrected chi connectivity index (χ4v) is 4.82. The first-order chi connectivity index (χ1) is 10.3. The molecule has 1 N–H and O–H groups in total. The van der Waals surface area contributed by atoms with Crippen molar-refractivity contribution in [3.05, 3.63) is 15.6 Å². The van der Waals surface area contributed by atoms with Gasteiger partial charge in [-0.05, 0) is 32.7 Å². The third kappa shape index (κ3) is 3.02. The Morgan fingerprint density at radius 3 is 2.90 bits per heavy atom. The highest BCUT2D eigenvalue weighted by molar-refractivity contribution is 7.11. The first-order valence-corrected chi connectivity index (χ1v) is 9.06. The molecule has 1 aromatic rings. The number of aryl methyl sites for hydroxylation is 1. The van der Waals surface area contributed by atoms with Crippen molar-refractivity contribution >= 4 is 11.3 Å². The van der Waals surface area contributed by atoms with Crippen LogP contribution in [0.4, 0.5) is 0 Å². The summed E-state index contributed by atoms with van der Waals surface area (Å²) in [6.07, 6.45) is 5.50. The highest BCUT2D eigenvalue weighted by Gasteiger charge is 2.39. The summed E-state index contributed by atoms with van der Waals surface area (Å²) in [6, 6.07) is 0.433. The van der Waals surface area contributed by atoms with E-state index in [4.69, 9.17) is 14.5 Å². The molecule has 21 heavy (non-hydrogen) atoms. The van der Waals surface area contributed by atoms with Crippen LogP contribution in [0.1, 0.15) is 61.2 Å². The number of ether oxygens (including phenoxy) is 2. The predicted octanol–water partition coefficient (Wildman–Crippen LogP) is 3.17. The first kappa shape index (κ1) is 15.4. The summed E-state index contributed by atoms with van der Waals surface area (Å²) in [6.45, 7) is 7.54. The topological polar surface area (TPSA) is 43.4 Å². The number of fused-ring (bicyclic) bond motifs is 1. The molecule has 1 aliphatic carbocycles. The molecule has 0 bridgehead atoms. The minimum absolute atomic E-state index is 0.203. The normalized spacial score (nSPS) is 24.8. The highest BCUT2D eigenvalue weighted by Crippen LogP contribution is 2.42. The zero-order valence-electron chi connectivity index (χ0n) is 13.1. The summed E-state index contributed by atoms with van der Waals surface area (Å²) >= 11 is 1.88. The van der Waals surface area contributed by atoms with Gasteiger partial charge in [-0.3, -0.25) is 0 Å². The van der Waals surface area contributed by atoms with Gasteiger partial charge in [0.05, 0.1) is 11.7 Å². The van der Waals surface area contributed by atoms with Crippen molar-refractivity contribution in [3.8, 4) is 0 Å². The van der Waals surface area contributed by atoms with Crippen molar-refractivity contribution in [3.63, 3.8) is 0 Å². The monoisotopic (exact) mass is 310 g/mol. The highest BCUT2D eigenvalue weighted by atomic mass is 32.1. The molecule has 1 aliphatic heterocycles. The lowest BCUT2D eigenvalue weighted by Gasteiger charge is -2.35. The van der Waals surface area contributed by atoms with E-state index in [1.165, 1.54) is 34.8 Å². The lowest BCUT2D eigenvalue weighted by Crippen LogP contribution is -2.36. The van der Waals surface area contributed by atoms with Gasteiger partial charge in [-0.1, -0.05) is 6.92 Å². The summed E-state index contributed by atoms with van der Waals surface area (Å²) in [5.41, 5.74) is 1.08. The summed E-state index contributed by atoms with van der Waals surface area (Å²) in [7, 11) is 0. The van der Waals surface area contributed by atoms with Crippen LogP contribution in [0.3, 0.4) is 0 Å². The SMILES string of the molecule is CCNC1CCCc2sc(C3(OCC)CCOCC3)nc21. The predicted molar refractivity (Wildman–Crippen MR) is 84.8 cm³/mol. The molecule has 1 fully saturated rings. The Labute approximate surface area is 131 Å². The quantitative estimate of drug-likeness (QED) is 0.907. The van der Waals surface area contributed by atoms with Gasteiger partial charge < -0.3 is 14.8 Å². The Balaban J connectivity index is 1.91. The average molecular weight is 310 g/mol. The summed E-state index contributed by atoms with van der Waals surface area (Å²) in [5.74, 6) is 0. The van der Waals surface area contributed by atoms with Gasteiger partial charge in [0, 0.05) is 37.5 Å². The minimum Gasteiger partial charge on any atom is -0.381 e. The molecule has 2 heterocycles. The maximum atomic E-state index is 6.18. The van der Waals surface area contributed by atoms with Gasteiger partial charge in [-0.15, -0.1) is 11.3 Å². The standard InChI is InChI=1S/C16H26N2O2S/c1-3-17-12-6-5-7-13-14(12)18-15(21-13)16(20-4-2)8-10-19-11-9-16/h12,17H,3-11H2,1-2H3. The van der Waals surface area contributed by atoms with Crippen molar-refractivity contribution in [1.82, 2.24) is 10.3 Å². The van der Waals surface area contributed by atoms with Crippen LogP contribution in [0.5, 0.6) is 0 Å². The van der Waals surface area contributed by atoms with E-state index in [1.807, 2.05) is 11.3 Å². The van der Waals surface area contributed by atoms with Crippen molar-refractivity contribution in [2.75, 3.05) is 26.4 Å². The van der Waals surface area contributed by atoms with Crippen molar-refractivity contribution < 1.29 is 9.47 Å². The second-order valence-electron chi connectivity index (χ2n) is 5.87. The zero-order chi connectivity index (χ0) is 14.7. The van der Waals surface area contributed by atoms with Gasteiger partial charge in [0.1, 0.15) is 10.6 Å². The van der Waals surface area contributed by atoms with Crippen LogP contribution in [-0.4, -0.2) is 31.3 Å². The molecule has 2 aliphatic rings. The summed E-state index contributed by atoms with van der Waals surface area (Å²) < 4.78 is 11.7. The third-order valence-electron chi connectivity index (χ3n) is 4.52. The average Bonchev–Trinajstić information content (AvgIpc) is 2.95.